The molecule has 2 amide bonds. The number of nitrogens with zero attached hydrogens (tertiary/aromatic N) is 1. The van der Waals surface area contributed by atoms with Crippen LogP contribution in [0.2, 0.25) is 5.02 Å². The number of hydrogen-bond donors (Lipinski definition) is 3. The lowest BCUT2D eigenvalue weighted by Gasteiger charge is -2.44. The van der Waals surface area contributed by atoms with Crippen LogP contribution in [0.5, 0.6) is 0 Å². The first kappa shape index (κ1) is 31.5. The van der Waals surface area contributed by atoms with E-state index in [1.54, 1.807) is 0 Å². The van der Waals surface area contributed by atoms with Crippen LogP contribution in [0.15, 0.2) is 66.7 Å². The van der Waals surface area contributed by atoms with Crippen LogP contribution in [0, 0.1) is 5.92 Å². The van der Waals surface area contributed by atoms with E-state index in [-0.39, 0.29) is 11.8 Å². The number of nitrogens with one attached hydrogen (secondary N) is 2. The molecule has 3 aromatic carbocycles. The number of carbonyl (C=O) groups is 2. The lowest BCUT2D eigenvalue weighted by molar-refractivity contribution is -0.0563. The number of hydrogen-bond acceptors (Lipinski definition) is 5. The number of carbonyl (C=O) groups excluding carboxylic acids is 2. The molecule has 2 atom stereocenters. The van der Waals surface area contributed by atoms with E-state index in [9.17, 15) is 14.7 Å². The minimum atomic E-state index is -1.30. The van der Waals surface area contributed by atoms with Crippen molar-refractivity contribution in [1.82, 2.24) is 15.5 Å². The third-order valence-corrected chi connectivity index (χ3v) is 8.57. The Kier molecular flexibility index (Phi) is 11.0. The molecule has 3 aromatic rings. The SMILES string of the molecule is CCc1cccc(-c2c(Cl)cccc2[C@](O)(CCCNC(=O)OC)[C@@H]2CCCN(C(=O)c3ccc(CNC)cc3)C2)c1. The highest BCUT2D eigenvalue weighted by atomic mass is 35.5. The number of amides is 2. The molecule has 3 N–H and O–H groups in total. The van der Waals surface area contributed by atoms with Crippen molar-refractivity contribution in [3.63, 3.8) is 0 Å². The summed E-state index contributed by atoms with van der Waals surface area (Å²) < 4.78 is 4.72. The van der Waals surface area contributed by atoms with Crippen LogP contribution in [0.1, 0.15) is 59.7 Å². The van der Waals surface area contributed by atoms with Crippen molar-refractivity contribution in [2.75, 3.05) is 33.8 Å². The van der Waals surface area contributed by atoms with E-state index in [4.69, 9.17) is 16.3 Å². The zero-order valence-electron chi connectivity index (χ0n) is 24.8. The molecule has 1 aliphatic rings. The molecule has 4 rings (SSSR count). The number of alkyl carbamates (subject to hydrolysis) is 1. The summed E-state index contributed by atoms with van der Waals surface area (Å²) >= 11 is 6.87. The van der Waals surface area contributed by atoms with E-state index >= 15 is 0 Å². The van der Waals surface area contributed by atoms with Crippen molar-refractivity contribution in [1.29, 1.82) is 0 Å². The molecule has 0 aliphatic carbocycles. The summed E-state index contributed by atoms with van der Waals surface area (Å²) in [6, 6.07) is 21.6. The Morgan fingerprint density at radius 3 is 2.57 bits per heavy atom. The van der Waals surface area contributed by atoms with Crippen LogP contribution < -0.4 is 10.6 Å². The van der Waals surface area contributed by atoms with Gasteiger partial charge in [-0.25, -0.2) is 4.79 Å². The second kappa shape index (κ2) is 14.7. The van der Waals surface area contributed by atoms with Crippen molar-refractivity contribution in [3.8, 4) is 11.1 Å². The maximum absolute atomic E-state index is 13.6. The molecule has 8 heteroatoms. The number of aryl methyl sites for hydroxylation is 1. The van der Waals surface area contributed by atoms with E-state index < -0.39 is 11.7 Å². The third kappa shape index (κ3) is 7.33. The Hall–Kier alpha value is -3.39. The second-order valence-corrected chi connectivity index (χ2v) is 11.4. The third-order valence-electron chi connectivity index (χ3n) is 8.26. The first-order valence-corrected chi connectivity index (χ1v) is 15.1. The molecule has 1 saturated heterocycles. The monoisotopic (exact) mass is 591 g/mol. The fourth-order valence-corrected chi connectivity index (χ4v) is 6.29. The van der Waals surface area contributed by atoms with Gasteiger partial charge in [0, 0.05) is 48.2 Å². The molecule has 1 aliphatic heterocycles. The van der Waals surface area contributed by atoms with Crippen LogP contribution in [-0.4, -0.2) is 55.8 Å². The van der Waals surface area contributed by atoms with Gasteiger partial charge >= 0.3 is 6.09 Å². The van der Waals surface area contributed by atoms with Crippen LogP contribution >= 0.6 is 11.6 Å². The minimum Gasteiger partial charge on any atom is -0.453 e. The van der Waals surface area contributed by atoms with E-state index in [2.05, 4.69) is 29.7 Å². The van der Waals surface area contributed by atoms with Crippen molar-refractivity contribution in [2.24, 2.45) is 5.92 Å². The molecule has 224 valence electrons. The molecule has 1 fully saturated rings. The average Bonchev–Trinajstić information content (AvgIpc) is 3.03. The summed E-state index contributed by atoms with van der Waals surface area (Å²) in [4.78, 5) is 27.2. The topological polar surface area (TPSA) is 90.9 Å². The van der Waals surface area contributed by atoms with Crippen molar-refractivity contribution < 1.29 is 19.4 Å². The number of rotatable bonds is 11. The van der Waals surface area contributed by atoms with Gasteiger partial charge in [0.1, 0.15) is 0 Å². The summed E-state index contributed by atoms with van der Waals surface area (Å²) in [5.74, 6) is -0.268. The summed E-state index contributed by atoms with van der Waals surface area (Å²) in [5.41, 5.74) is 4.14. The Morgan fingerprint density at radius 1 is 1.10 bits per heavy atom. The highest BCUT2D eigenvalue weighted by molar-refractivity contribution is 6.33. The molecule has 0 spiro atoms. The standard InChI is InChI=1S/C34H42ClN3O4/c1-4-24-9-5-10-27(21-24)31-29(12-6-13-30(31)35)34(41,18-8-19-37-33(40)42-3)28-11-7-20-38(23-28)32(39)26-16-14-25(15-17-26)22-36-2/h5-6,9-10,12-17,21,28,36,41H,4,7-8,11,18-20,22-23H2,1-3H3,(H,37,40)/t28-,34+/m1/s1. The summed E-state index contributed by atoms with van der Waals surface area (Å²) in [7, 11) is 3.22. The van der Waals surface area contributed by atoms with Gasteiger partial charge in [0.25, 0.3) is 5.91 Å². The van der Waals surface area contributed by atoms with Gasteiger partial charge in [-0.2, -0.15) is 0 Å². The molecular weight excluding hydrogens is 550 g/mol. The quantitative estimate of drug-likeness (QED) is 0.232. The molecule has 1 heterocycles. The maximum Gasteiger partial charge on any atom is 0.406 e. The first-order valence-electron chi connectivity index (χ1n) is 14.8. The van der Waals surface area contributed by atoms with Crippen LogP contribution in [0.3, 0.4) is 0 Å². The maximum atomic E-state index is 13.6. The number of halogens is 1. The Labute approximate surface area is 254 Å². The Balaban J connectivity index is 1.69. The lowest BCUT2D eigenvalue weighted by atomic mass is 9.72. The van der Waals surface area contributed by atoms with Gasteiger partial charge < -0.3 is 25.4 Å². The van der Waals surface area contributed by atoms with Crippen molar-refractivity contribution >= 4 is 23.6 Å². The molecule has 0 radical (unpaired) electrons. The second-order valence-electron chi connectivity index (χ2n) is 11.0. The summed E-state index contributed by atoms with van der Waals surface area (Å²) in [5, 5.41) is 19.2. The minimum absolute atomic E-state index is 0.0348. The molecule has 0 saturated carbocycles. The van der Waals surface area contributed by atoms with E-state index in [0.717, 1.165) is 48.1 Å². The Morgan fingerprint density at radius 2 is 1.86 bits per heavy atom. The molecule has 42 heavy (non-hydrogen) atoms. The molecule has 7 nitrogen and oxygen atoms in total. The molecule has 0 bridgehead atoms. The highest BCUT2D eigenvalue weighted by Gasteiger charge is 2.43. The van der Waals surface area contributed by atoms with Gasteiger partial charge in [0.15, 0.2) is 0 Å². The van der Waals surface area contributed by atoms with Crippen LogP contribution in [-0.2, 0) is 23.3 Å². The number of ether oxygens (including phenoxy) is 1. The summed E-state index contributed by atoms with van der Waals surface area (Å²) in [6.45, 7) is 4.25. The summed E-state index contributed by atoms with van der Waals surface area (Å²) in [6.07, 6.45) is 2.80. The normalized spacial score (nSPS) is 16.5. The first-order chi connectivity index (χ1) is 20.3. The van der Waals surface area contributed by atoms with E-state index in [0.29, 0.717) is 43.1 Å². The molecule has 0 aromatic heterocycles. The number of aliphatic hydroxyl groups is 1. The van der Waals surface area contributed by atoms with Crippen LogP contribution in [0.4, 0.5) is 4.79 Å². The van der Waals surface area contributed by atoms with E-state index in [1.807, 2.05) is 66.5 Å². The van der Waals surface area contributed by atoms with Gasteiger partial charge in [-0.05, 0) is 79.6 Å². The number of benzene rings is 3. The van der Waals surface area contributed by atoms with Gasteiger partial charge in [0.05, 0.1) is 12.7 Å². The molecular formula is C34H42ClN3O4. The van der Waals surface area contributed by atoms with Crippen molar-refractivity contribution in [2.45, 2.75) is 51.2 Å². The zero-order valence-corrected chi connectivity index (χ0v) is 25.5. The lowest BCUT2D eigenvalue weighted by Crippen LogP contribution is -2.48. The van der Waals surface area contributed by atoms with Crippen molar-refractivity contribution in [3.05, 3.63) is 94.0 Å². The van der Waals surface area contributed by atoms with Gasteiger partial charge in [-0.15, -0.1) is 0 Å². The molecule has 0 unspecified atom stereocenters. The van der Waals surface area contributed by atoms with Crippen LogP contribution in [0.25, 0.3) is 11.1 Å². The fraction of sp³-hybridized carbons (Fsp3) is 0.412. The predicted molar refractivity (Wildman–Crippen MR) is 168 cm³/mol. The highest BCUT2D eigenvalue weighted by Crippen LogP contribution is 2.45. The zero-order chi connectivity index (χ0) is 30.1. The number of methoxy groups -OCH3 is 1. The smallest absolute Gasteiger partial charge is 0.406 e. The number of piperidine rings is 1. The average molecular weight is 592 g/mol. The van der Waals surface area contributed by atoms with Gasteiger partial charge in [0.2, 0.25) is 0 Å². The van der Waals surface area contributed by atoms with E-state index in [1.165, 1.54) is 12.7 Å². The predicted octanol–water partition coefficient (Wildman–Crippen LogP) is 6.17. The number of likely N-dealkylation sites (tertiary alicyclic amines) is 1. The largest absolute Gasteiger partial charge is 0.453 e. The van der Waals surface area contributed by atoms with Gasteiger partial charge in [-0.1, -0.05) is 67.1 Å². The fourth-order valence-electron chi connectivity index (χ4n) is 6.01. The van der Waals surface area contributed by atoms with Gasteiger partial charge in [-0.3, -0.25) is 4.79 Å². The Bertz CT molecular complexity index is 1360.